The van der Waals surface area contributed by atoms with Crippen LogP contribution in [0.15, 0.2) is 24.3 Å². The van der Waals surface area contributed by atoms with Crippen molar-refractivity contribution in [3.63, 3.8) is 0 Å². The predicted octanol–water partition coefficient (Wildman–Crippen LogP) is 5.77. The Morgan fingerprint density at radius 3 is 1.92 bits per heavy atom. The number of halogens is 5. The van der Waals surface area contributed by atoms with Crippen molar-refractivity contribution in [1.29, 1.82) is 0 Å². The summed E-state index contributed by atoms with van der Waals surface area (Å²) in [6.45, 7) is 0. The molecule has 0 bridgehead atoms. The fourth-order valence-electron chi connectivity index (χ4n) is 0.945. The second-order valence-electron chi connectivity index (χ2n) is 2.39. The highest BCUT2D eigenvalue weighted by Gasteiger charge is 2.25. The van der Waals surface area contributed by atoms with Crippen LogP contribution in [-0.2, 0) is 2.14 Å². The molecule has 0 heterocycles. The second kappa shape index (κ2) is 5.10. The van der Waals surface area contributed by atoms with E-state index in [0.29, 0.717) is 0 Å². The summed E-state index contributed by atoms with van der Waals surface area (Å²) in [4.78, 5) is 0. The monoisotopic (exact) mass is 496 g/mol. The molecule has 0 spiro atoms. The quantitative estimate of drug-likeness (QED) is 0.430. The summed E-state index contributed by atoms with van der Waals surface area (Å²) in [5.74, 6) is 0. The molecule has 1 aromatic carbocycles. The molecule has 72 valence electrons. The van der Waals surface area contributed by atoms with Gasteiger partial charge in [0.15, 0.2) is 2.14 Å². The van der Waals surface area contributed by atoms with Gasteiger partial charge in [0.25, 0.3) is 0 Å². The Balaban J connectivity index is 3.20. The van der Waals surface area contributed by atoms with Crippen molar-refractivity contribution in [1.82, 2.24) is 0 Å². The van der Waals surface area contributed by atoms with Gasteiger partial charge in [-0.05, 0) is 11.1 Å². The van der Waals surface area contributed by atoms with Crippen LogP contribution in [0.5, 0.6) is 0 Å². The van der Waals surface area contributed by atoms with Crippen molar-refractivity contribution in [2.75, 3.05) is 0 Å². The van der Waals surface area contributed by atoms with Crippen LogP contribution in [0.25, 0.3) is 0 Å². The van der Waals surface area contributed by atoms with Gasteiger partial charge in [-0.15, -0.1) is 0 Å². The Morgan fingerprint density at radius 2 is 1.54 bits per heavy atom. The molecule has 0 N–H and O–H groups in total. The maximum Gasteiger partial charge on any atom is 0.160 e. The van der Waals surface area contributed by atoms with Crippen LogP contribution in [0, 0.1) is 0 Å². The van der Waals surface area contributed by atoms with Gasteiger partial charge < -0.3 is 0 Å². The third kappa shape index (κ3) is 3.59. The lowest BCUT2D eigenvalue weighted by atomic mass is 10.1. The van der Waals surface area contributed by atoms with Crippen LogP contribution in [0.2, 0.25) is 0 Å². The summed E-state index contributed by atoms with van der Waals surface area (Å²) < 4.78 is -0.202. The van der Waals surface area contributed by atoms with E-state index in [1.807, 2.05) is 18.2 Å². The molecule has 0 aromatic heterocycles. The molecule has 0 nitrogen and oxygen atoms in total. The van der Waals surface area contributed by atoms with Gasteiger partial charge in [0.2, 0.25) is 0 Å². The highest BCUT2D eigenvalue weighted by atomic mass is 80.0. The van der Waals surface area contributed by atoms with Crippen LogP contribution in [0.1, 0.15) is 14.9 Å². The van der Waals surface area contributed by atoms with E-state index in [2.05, 4.69) is 85.7 Å². The minimum Gasteiger partial charge on any atom is -0.0712 e. The first kappa shape index (κ1) is 12.7. The van der Waals surface area contributed by atoms with E-state index in [9.17, 15) is 0 Å². The molecule has 13 heavy (non-hydrogen) atoms. The summed E-state index contributed by atoms with van der Waals surface area (Å²) in [6.07, 6.45) is 0. The predicted molar refractivity (Wildman–Crippen MR) is 75.5 cm³/mol. The molecule has 0 saturated carbocycles. The number of hydrogen-bond donors (Lipinski definition) is 0. The van der Waals surface area contributed by atoms with E-state index >= 15 is 0 Å². The first-order chi connectivity index (χ1) is 5.93. The Morgan fingerprint density at radius 1 is 1.00 bits per heavy atom. The fraction of sp³-hybridized carbons (Fsp3) is 0.250. The van der Waals surface area contributed by atoms with E-state index in [0.717, 1.165) is 5.56 Å². The zero-order valence-corrected chi connectivity index (χ0v) is 14.2. The third-order valence-electron chi connectivity index (χ3n) is 1.50. The highest BCUT2D eigenvalue weighted by Crippen LogP contribution is 2.48. The zero-order valence-electron chi connectivity index (χ0n) is 6.28. The molecule has 0 atom stereocenters. The maximum atomic E-state index is 3.50. The van der Waals surface area contributed by atoms with Crippen molar-refractivity contribution in [2.24, 2.45) is 0 Å². The van der Waals surface area contributed by atoms with E-state index in [1.54, 1.807) is 0 Å². The topological polar surface area (TPSA) is 0 Å². The molecule has 0 amide bonds. The largest absolute Gasteiger partial charge is 0.160 e. The summed E-state index contributed by atoms with van der Waals surface area (Å²) in [7, 11) is 0. The molecule has 0 saturated heterocycles. The zero-order chi connectivity index (χ0) is 10.1. The molecule has 1 rings (SSSR count). The van der Waals surface area contributed by atoms with Crippen LogP contribution < -0.4 is 0 Å². The Kier molecular flexibility index (Phi) is 4.98. The van der Waals surface area contributed by atoms with Crippen molar-refractivity contribution in [3.8, 4) is 0 Å². The first-order valence-electron chi connectivity index (χ1n) is 3.37. The average molecular weight is 501 g/mol. The molecule has 0 unspecified atom stereocenters. The average Bonchev–Trinajstić information content (AvgIpc) is 2.03. The van der Waals surface area contributed by atoms with Gasteiger partial charge in [-0.1, -0.05) is 104 Å². The van der Waals surface area contributed by atoms with Gasteiger partial charge in [0.05, 0.1) is 3.74 Å². The second-order valence-corrected chi connectivity index (χ2v) is 12.2. The highest BCUT2D eigenvalue weighted by molar-refractivity contribution is 9.38. The fourth-order valence-corrected chi connectivity index (χ4v) is 2.83. The Bertz CT molecular complexity index is 289. The minimum atomic E-state index is -0.358. The van der Waals surface area contributed by atoms with Gasteiger partial charge in [0, 0.05) is 0 Å². The molecular weight excluding hydrogens is 496 g/mol. The number of rotatable bonds is 1. The third-order valence-corrected chi connectivity index (χ3v) is 3.77. The molecule has 0 aliphatic rings. The van der Waals surface area contributed by atoms with Gasteiger partial charge in [-0.2, -0.15) is 0 Å². The Hall–Kier alpha value is 1.62. The maximum absolute atomic E-state index is 3.50. The number of hydrogen-bond acceptors (Lipinski definition) is 0. The van der Waals surface area contributed by atoms with Crippen molar-refractivity contribution >= 4 is 79.6 Å². The standard InChI is InChI=1S/C8H5Br5/c9-7(10)5-3-1-2-4-6(5)8(11,12)13/h1-4,7H. The van der Waals surface area contributed by atoms with E-state index in [-0.39, 0.29) is 5.88 Å². The lowest BCUT2D eigenvalue weighted by Crippen LogP contribution is -2.02. The van der Waals surface area contributed by atoms with Crippen LogP contribution in [-0.4, -0.2) is 0 Å². The smallest absolute Gasteiger partial charge is 0.0712 e. The normalized spacial score (nSPS) is 12.2. The van der Waals surface area contributed by atoms with Crippen LogP contribution in [0.3, 0.4) is 0 Å². The van der Waals surface area contributed by atoms with E-state index < -0.39 is 0 Å². The Labute approximate surface area is 119 Å². The van der Waals surface area contributed by atoms with Crippen molar-refractivity contribution < 1.29 is 0 Å². The van der Waals surface area contributed by atoms with Gasteiger partial charge in [0.1, 0.15) is 0 Å². The summed E-state index contributed by atoms with van der Waals surface area (Å²) in [6, 6.07) is 8.11. The SMILES string of the molecule is BrC(Br)c1ccccc1C(Br)(Br)Br. The summed E-state index contributed by atoms with van der Waals surface area (Å²) >= 11 is 17.5. The first-order valence-corrected chi connectivity index (χ1v) is 7.58. The van der Waals surface area contributed by atoms with E-state index in [1.165, 1.54) is 5.56 Å². The van der Waals surface area contributed by atoms with Gasteiger partial charge >= 0.3 is 0 Å². The lowest BCUT2D eigenvalue weighted by molar-refractivity contribution is 1.26. The van der Waals surface area contributed by atoms with Crippen molar-refractivity contribution in [3.05, 3.63) is 35.4 Å². The molecule has 0 radical (unpaired) electrons. The molecule has 5 heteroatoms. The molecule has 0 aliphatic carbocycles. The van der Waals surface area contributed by atoms with Crippen LogP contribution >= 0.6 is 79.6 Å². The lowest BCUT2D eigenvalue weighted by Gasteiger charge is -2.18. The van der Waals surface area contributed by atoms with E-state index in [4.69, 9.17) is 0 Å². The number of alkyl halides is 5. The molecular formula is C8H5Br5. The van der Waals surface area contributed by atoms with Crippen LogP contribution in [0.4, 0.5) is 0 Å². The van der Waals surface area contributed by atoms with Gasteiger partial charge in [-0.3, -0.25) is 0 Å². The molecule has 0 aliphatic heterocycles. The summed E-state index contributed by atoms with van der Waals surface area (Å²) in [5, 5.41) is 0. The van der Waals surface area contributed by atoms with Crippen molar-refractivity contribution in [2.45, 2.75) is 5.88 Å². The summed E-state index contributed by atoms with van der Waals surface area (Å²) in [5.41, 5.74) is 2.31. The minimum absolute atomic E-state index is 0.156. The van der Waals surface area contributed by atoms with Gasteiger partial charge in [-0.25, -0.2) is 0 Å². The number of benzene rings is 1. The molecule has 1 aromatic rings. The molecule has 0 fully saturated rings.